The van der Waals surface area contributed by atoms with Crippen molar-refractivity contribution in [2.24, 2.45) is 0 Å². The maximum absolute atomic E-state index is 13.0. The molecule has 0 heterocycles. The molecule has 6 aromatic carbocycles. The molecular weight excluding hydrogens is 886 g/mol. The SMILES string of the molecule is C=C(C)C(=O)OC1CCCCC1Nc1ccc(C(c2ccc(Nc3c(C)cc(C)cc3C)cc2)c2ccc(Nc3c(C)cc(S(=O)(=O)[N-]S(=O)(=O)C(F)(F)F)cc3C)cc2)c2ccccc12. The Bertz CT molecular complexity index is 3000. The molecule has 0 bridgehead atoms. The summed E-state index contributed by atoms with van der Waals surface area (Å²) in [5.74, 6) is -0.644. The van der Waals surface area contributed by atoms with Crippen LogP contribution in [0.3, 0.4) is 0 Å². The van der Waals surface area contributed by atoms with E-state index in [0.29, 0.717) is 28.1 Å². The molecule has 1 aliphatic carbocycles. The molecule has 0 aromatic heterocycles. The van der Waals surface area contributed by atoms with Crippen molar-refractivity contribution in [3.05, 3.63) is 170 Å². The fourth-order valence-electron chi connectivity index (χ4n) is 8.76. The number of hydrogen-bond donors (Lipinski definition) is 3. The van der Waals surface area contributed by atoms with E-state index in [0.717, 1.165) is 93.5 Å². The molecule has 0 spiro atoms. The van der Waals surface area contributed by atoms with Crippen molar-refractivity contribution in [3.8, 4) is 0 Å². The number of fused-ring (bicyclic) bond motifs is 1. The maximum atomic E-state index is 13.0. The first-order valence-electron chi connectivity index (χ1n) is 21.5. The normalized spacial score (nSPS) is 16.1. The topological polar surface area (TPSA) is 145 Å². The first-order valence-corrected chi connectivity index (χ1v) is 24.4. The van der Waals surface area contributed by atoms with Gasteiger partial charge in [0.05, 0.1) is 6.04 Å². The van der Waals surface area contributed by atoms with Crippen molar-refractivity contribution < 1.29 is 39.5 Å². The van der Waals surface area contributed by atoms with E-state index in [1.165, 1.54) is 5.56 Å². The summed E-state index contributed by atoms with van der Waals surface area (Å²) in [5, 5.41) is 12.7. The number of anilines is 5. The molecule has 0 saturated heterocycles. The third-order valence-electron chi connectivity index (χ3n) is 11.9. The molecule has 1 aliphatic rings. The average Bonchev–Trinajstić information content (AvgIpc) is 3.25. The smallest absolute Gasteiger partial charge is 0.457 e. The highest BCUT2D eigenvalue weighted by Gasteiger charge is 2.41. The Balaban J connectivity index is 1.24. The number of nitrogens with one attached hydrogen (secondary N) is 3. The van der Waals surface area contributed by atoms with Crippen molar-refractivity contribution in [3.63, 3.8) is 0 Å². The van der Waals surface area contributed by atoms with E-state index in [1.54, 1.807) is 20.8 Å². The lowest BCUT2D eigenvalue weighted by Crippen LogP contribution is -2.40. The minimum absolute atomic E-state index is 0.0820. The van der Waals surface area contributed by atoms with Gasteiger partial charge in [-0.2, -0.15) is 13.2 Å². The number of ether oxygens (including phenoxy) is 1. The zero-order valence-electron chi connectivity index (χ0n) is 37.5. The number of carbonyl (C=O) groups excluding carboxylic acids is 1. The highest BCUT2D eigenvalue weighted by Crippen LogP contribution is 2.41. The molecule has 15 heteroatoms. The summed E-state index contributed by atoms with van der Waals surface area (Å²) < 4.78 is 95.7. The van der Waals surface area contributed by atoms with E-state index < -0.39 is 36.4 Å². The van der Waals surface area contributed by atoms with Gasteiger partial charge in [-0.25, -0.2) is 21.6 Å². The molecule has 3 unspecified atom stereocenters. The molecule has 0 aliphatic heterocycles. The van der Waals surface area contributed by atoms with Crippen molar-refractivity contribution in [2.45, 2.75) is 95.7 Å². The lowest BCUT2D eigenvalue weighted by atomic mass is 9.82. The predicted molar refractivity (Wildman–Crippen MR) is 257 cm³/mol. The standard InChI is InChI=1S/C51H52F3N4O6S2/c1-30(2)50(59)64-46-15-11-10-14-45(46)57-44-25-24-43(41-12-8-9-13-42(41)44)47(36-16-20-38(21-17-36)55-48-32(4)26-31(3)27-33(48)5)37-18-22-39(23-19-37)56-49-34(6)28-40(29-35(49)7)65(60,61)58-66(62,63)51(52,53)54/h8-9,12-13,16-29,45-47,55-57H,1,10-11,14-15H2,2-7H3/q-1. The maximum Gasteiger partial charge on any atom is 0.480 e. The number of nitrogens with zero attached hydrogens (tertiary/aromatic N) is 1. The van der Waals surface area contributed by atoms with Gasteiger partial charge >= 0.3 is 11.5 Å². The highest BCUT2D eigenvalue weighted by molar-refractivity contribution is 8.12. The molecule has 6 aromatic rings. The Morgan fingerprint density at radius 3 is 1.73 bits per heavy atom. The van der Waals surface area contributed by atoms with Gasteiger partial charge in [-0.1, -0.05) is 85.3 Å². The zero-order valence-corrected chi connectivity index (χ0v) is 39.1. The number of carbonyl (C=O) groups is 1. The van der Waals surface area contributed by atoms with E-state index in [2.05, 4.69) is 108 Å². The average molecular weight is 938 g/mol. The van der Waals surface area contributed by atoms with Crippen LogP contribution in [0.5, 0.6) is 0 Å². The van der Waals surface area contributed by atoms with Gasteiger partial charge in [0, 0.05) is 50.2 Å². The lowest BCUT2D eigenvalue weighted by Gasteiger charge is -2.33. The van der Waals surface area contributed by atoms with Crippen molar-refractivity contribution in [1.82, 2.24) is 0 Å². The highest BCUT2D eigenvalue weighted by atomic mass is 32.3. The van der Waals surface area contributed by atoms with Gasteiger partial charge < -0.3 is 24.8 Å². The Morgan fingerprint density at radius 1 is 0.712 bits per heavy atom. The van der Waals surface area contributed by atoms with Crippen LogP contribution in [0, 0.1) is 34.6 Å². The third-order valence-corrected chi connectivity index (χ3v) is 14.9. The number of rotatable bonds is 14. The number of benzene rings is 6. The van der Waals surface area contributed by atoms with E-state index >= 15 is 0 Å². The zero-order chi connectivity index (χ0) is 47.7. The minimum atomic E-state index is -6.29. The Kier molecular flexibility index (Phi) is 13.7. The quantitative estimate of drug-likeness (QED) is 0.0552. The van der Waals surface area contributed by atoms with E-state index in [9.17, 15) is 34.8 Å². The molecule has 1 saturated carbocycles. The van der Waals surface area contributed by atoms with Crippen molar-refractivity contribution in [2.75, 3.05) is 16.0 Å². The van der Waals surface area contributed by atoms with Gasteiger partial charge in [0.25, 0.3) is 0 Å². The number of esters is 1. The molecule has 7 rings (SSSR count). The molecule has 10 nitrogen and oxygen atoms in total. The number of aryl methyl sites for hydroxylation is 5. The van der Waals surface area contributed by atoms with E-state index in [-0.39, 0.29) is 18.1 Å². The second-order valence-corrected chi connectivity index (χ2v) is 20.5. The van der Waals surface area contributed by atoms with Gasteiger partial charge in [0.15, 0.2) is 10.0 Å². The fraction of sp³-hybridized carbons (Fsp3) is 0.275. The Hall–Kier alpha value is -6.16. The largest absolute Gasteiger partial charge is 0.480 e. The van der Waals surface area contributed by atoms with E-state index in [4.69, 9.17) is 4.74 Å². The summed E-state index contributed by atoms with van der Waals surface area (Å²) in [4.78, 5) is 11.9. The first kappa shape index (κ1) is 47.8. The molecule has 3 atom stereocenters. The first-order chi connectivity index (χ1) is 31.1. The van der Waals surface area contributed by atoms with Crippen LogP contribution in [0.2, 0.25) is 0 Å². The van der Waals surface area contributed by atoms with Gasteiger partial charge in [-0.15, -0.1) is 0 Å². The van der Waals surface area contributed by atoms with Crippen LogP contribution in [-0.4, -0.2) is 40.5 Å². The molecule has 66 heavy (non-hydrogen) atoms. The number of halogens is 3. The Labute approximate surface area is 384 Å². The van der Waals surface area contributed by atoms with Crippen molar-refractivity contribution >= 4 is 65.2 Å². The van der Waals surface area contributed by atoms with Gasteiger partial charge in [-0.3, -0.25) is 0 Å². The second-order valence-electron chi connectivity index (χ2n) is 17.1. The number of alkyl halides is 3. The molecule has 3 N–H and O–H groups in total. The van der Waals surface area contributed by atoms with Crippen LogP contribution < -0.4 is 16.0 Å². The van der Waals surface area contributed by atoms with Crippen LogP contribution in [0.4, 0.5) is 41.6 Å². The van der Waals surface area contributed by atoms with Crippen LogP contribution in [0.25, 0.3) is 14.9 Å². The number of sulfonamides is 2. The molecular formula is C51H52F3N4O6S2-. The summed E-state index contributed by atoms with van der Waals surface area (Å²) in [7, 11) is -11.5. The summed E-state index contributed by atoms with van der Waals surface area (Å²) in [6.07, 6.45) is 3.29. The van der Waals surface area contributed by atoms with Gasteiger partial charge in [-0.05, 0) is 148 Å². The lowest BCUT2D eigenvalue weighted by molar-refractivity contribution is -0.146. The molecule has 0 radical (unpaired) electrons. The summed E-state index contributed by atoms with van der Waals surface area (Å²) in [6.45, 7) is 14.8. The molecule has 0 amide bonds. The predicted octanol–water partition coefficient (Wildman–Crippen LogP) is 12.8. The van der Waals surface area contributed by atoms with Crippen LogP contribution >= 0.6 is 0 Å². The van der Waals surface area contributed by atoms with Crippen LogP contribution in [0.1, 0.15) is 83.0 Å². The third kappa shape index (κ3) is 10.4. The summed E-state index contributed by atoms with van der Waals surface area (Å²) in [6, 6.07) is 35.0. The molecule has 1 fully saturated rings. The van der Waals surface area contributed by atoms with Crippen LogP contribution in [-0.2, 0) is 29.6 Å². The fourth-order valence-corrected chi connectivity index (χ4v) is 11.1. The van der Waals surface area contributed by atoms with E-state index in [1.807, 2.05) is 36.4 Å². The van der Waals surface area contributed by atoms with Gasteiger partial charge in [0.2, 0.25) is 0 Å². The van der Waals surface area contributed by atoms with Crippen LogP contribution in [0.15, 0.2) is 126 Å². The monoisotopic (exact) mass is 937 g/mol. The summed E-state index contributed by atoms with van der Waals surface area (Å²) >= 11 is 0. The number of hydrogen-bond acceptors (Lipinski definition) is 9. The van der Waals surface area contributed by atoms with Crippen molar-refractivity contribution in [1.29, 1.82) is 0 Å². The summed E-state index contributed by atoms with van der Waals surface area (Å²) in [5.41, 5.74) is 5.79. The Morgan fingerprint density at radius 2 is 1.21 bits per heavy atom. The minimum Gasteiger partial charge on any atom is -0.457 e. The van der Waals surface area contributed by atoms with Gasteiger partial charge in [0.1, 0.15) is 16.1 Å². The molecule has 346 valence electrons. The second kappa shape index (κ2) is 19.0.